The van der Waals surface area contributed by atoms with Crippen LogP contribution in [0.1, 0.15) is 21.6 Å². The van der Waals surface area contributed by atoms with Gasteiger partial charge in [-0.3, -0.25) is 14.4 Å². The number of benzene rings is 1. The molecule has 0 bridgehead atoms. The van der Waals surface area contributed by atoms with Crippen molar-refractivity contribution in [3.63, 3.8) is 0 Å². The summed E-state index contributed by atoms with van der Waals surface area (Å²) in [6.45, 7) is 1.32. The van der Waals surface area contributed by atoms with Gasteiger partial charge in [-0.15, -0.1) is 0 Å². The maximum absolute atomic E-state index is 13.3. The number of carbonyl (C=O) groups excluding carboxylic acids is 2. The number of esters is 1. The standard InChI is InChI=1S/C21H16BrN3O5/c1-11-17(22)15-5-3-4-8-24(15)18(11)19(27)12-6-7-14-13(9-12)20(28)25(21(29)23-14)10-16(26)30-2/h3-9H,10H2,1-2H3,(H,23,29). The summed E-state index contributed by atoms with van der Waals surface area (Å²) < 4.78 is 7.89. The summed E-state index contributed by atoms with van der Waals surface area (Å²) in [7, 11) is 1.17. The Balaban J connectivity index is 1.90. The average molecular weight is 470 g/mol. The van der Waals surface area contributed by atoms with Crippen LogP contribution < -0.4 is 11.2 Å². The van der Waals surface area contributed by atoms with Gasteiger partial charge in [-0.1, -0.05) is 6.07 Å². The van der Waals surface area contributed by atoms with Crippen LogP contribution in [0.25, 0.3) is 16.4 Å². The molecule has 152 valence electrons. The molecule has 0 spiro atoms. The summed E-state index contributed by atoms with van der Waals surface area (Å²) in [5.41, 5.74) is 1.26. The van der Waals surface area contributed by atoms with Crippen molar-refractivity contribution in [1.29, 1.82) is 0 Å². The van der Waals surface area contributed by atoms with Crippen molar-refractivity contribution in [2.45, 2.75) is 13.5 Å². The van der Waals surface area contributed by atoms with E-state index in [2.05, 4.69) is 25.7 Å². The van der Waals surface area contributed by atoms with Gasteiger partial charge < -0.3 is 14.1 Å². The molecule has 0 unspecified atom stereocenters. The Morgan fingerprint density at radius 2 is 1.93 bits per heavy atom. The molecule has 0 aliphatic carbocycles. The summed E-state index contributed by atoms with van der Waals surface area (Å²) >= 11 is 3.53. The Labute approximate surface area is 177 Å². The Morgan fingerprint density at radius 1 is 1.17 bits per heavy atom. The average Bonchev–Trinajstić information content (AvgIpc) is 3.00. The van der Waals surface area contributed by atoms with Gasteiger partial charge in [-0.2, -0.15) is 0 Å². The third-order valence-electron chi connectivity index (χ3n) is 4.98. The lowest BCUT2D eigenvalue weighted by molar-refractivity contribution is -0.141. The zero-order valence-electron chi connectivity index (χ0n) is 16.1. The van der Waals surface area contributed by atoms with Crippen molar-refractivity contribution in [1.82, 2.24) is 14.0 Å². The predicted octanol–water partition coefficient (Wildman–Crippen LogP) is 2.42. The van der Waals surface area contributed by atoms with E-state index in [0.717, 1.165) is 20.1 Å². The summed E-state index contributed by atoms with van der Waals surface area (Å²) in [5, 5.41) is 0.127. The summed E-state index contributed by atoms with van der Waals surface area (Å²) in [6, 6.07) is 10.1. The highest BCUT2D eigenvalue weighted by Crippen LogP contribution is 2.30. The molecular weight excluding hydrogens is 454 g/mol. The van der Waals surface area contributed by atoms with Gasteiger partial charge in [0.1, 0.15) is 6.54 Å². The minimum absolute atomic E-state index is 0.127. The maximum atomic E-state index is 13.3. The van der Waals surface area contributed by atoms with E-state index in [1.165, 1.54) is 19.2 Å². The fourth-order valence-corrected chi connectivity index (χ4v) is 3.95. The number of nitrogens with zero attached hydrogens (tertiary/aromatic N) is 2. The molecule has 0 fully saturated rings. The molecule has 0 amide bonds. The van der Waals surface area contributed by atoms with Crippen molar-refractivity contribution >= 4 is 44.1 Å². The molecule has 1 aromatic carbocycles. The van der Waals surface area contributed by atoms with E-state index in [1.807, 2.05) is 25.1 Å². The van der Waals surface area contributed by atoms with Gasteiger partial charge in [-0.25, -0.2) is 9.36 Å². The van der Waals surface area contributed by atoms with Crippen molar-refractivity contribution in [3.8, 4) is 0 Å². The van der Waals surface area contributed by atoms with Crippen LogP contribution >= 0.6 is 15.9 Å². The molecule has 0 radical (unpaired) electrons. The number of fused-ring (bicyclic) bond motifs is 2. The smallest absolute Gasteiger partial charge is 0.329 e. The molecule has 0 aliphatic heterocycles. The van der Waals surface area contributed by atoms with E-state index in [1.54, 1.807) is 16.7 Å². The first-order valence-electron chi connectivity index (χ1n) is 8.97. The highest BCUT2D eigenvalue weighted by molar-refractivity contribution is 9.10. The Kier molecular flexibility index (Phi) is 4.90. The number of pyridine rings is 1. The molecule has 30 heavy (non-hydrogen) atoms. The molecule has 4 rings (SSSR count). The molecule has 0 aliphatic rings. The third-order valence-corrected chi connectivity index (χ3v) is 5.99. The van der Waals surface area contributed by atoms with Crippen LogP contribution in [0.5, 0.6) is 0 Å². The first kappa shape index (κ1) is 19.8. The predicted molar refractivity (Wildman–Crippen MR) is 114 cm³/mol. The Bertz CT molecular complexity index is 1460. The number of aromatic amines is 1. The molecule has 9 heteroatoms. The fraction of sp³-hybridized carbons (Fsp3) is 0.143. The number of rotatable bonds is 4. The second-order valence-electron chi connectivity index (χ2n) is 6.73. The first-order valence-corrected chi connectivity index (χ1v) is 9.76. The molecule has 1 N–H and O–H groups in total. The Morgan fingerprint density at radius 3 is 2.67 bits per heavy atom. The second-order valence-corrected chi connectivity index (χ2v) is 7.52. The van der Waals surface area contributed by atoms with Gasteiger partial charge in [0.2, 0.25) is 5.78 Å². The number of carbonyl (C=O) groups is 2. The number of aromatic nitrogens is 3. The number of hydrogen-bond acceptors (Lipinski definition) is 5. The van der Waals surface area contributed by atoms with Crippen molar-refractivity contribution in [2.75, 3.05) is 7.11 Å². The van der Waals surface area contributed by atoms with Gasteiger partial charge in [0, 0.05) is 16.2 Å². The van der Waals surface area contributed by atoms with Gasteiger partial charge in [0.15, 0.2) is 0 Å². The van der Waals surface area contributed by atoms with Crippen molar-refractivity contribution < 1.29 is 14.3 Å². The number of methoxy groups -OCH3 is 1. The number of halogens is 1. The van der Waals surface area contributed by atoms with Gasteiger partial charge >= 0.3 is 11.7 Å². The molecule has 3 aromatic heterocycles. The molecule has 3 heterocycles. The fourth-order valence-electron chi connectivity index (χ4n) is 3.44. The molecule has 0 saturated heterocycles. The SMILES string of the molecule is COC(=O)Cn1c(=O)[nH]c2ccc(C(=O)c3c(C)c(Br)c4ccccn34)cc2c1=O. The zero-order valence-corrected chi connectivity index (χ0v) is 17.6. The maximum Gasteiger partial charge on any atom is 0.329 e. The van der Waals surface area contributed by atoms with Gasteiger partial charge in [0.05, 0.1) is 29.2 Å². The molecule has 8 nitrogen and oxygen atoms in total. The summed E-state index contributed by atoms with van der Waals surface area (Å²) in [5.74, 6) is -0.999. The quantitative estimate of drug-likeness (QED) is 0.365. The van der Waals surface area contributed by atoms with Crippen LogP contribution in [0.4, 0.5) is 0 Å². The van der Waals surface area contributed by atoms with Crippen LogP contribution in [0.2, 0.25) is 0 Å². The van der Waals surface area contributed by atoms with Gasteiger partial charge in [-0.05, 0) is 58.7 Å². The van der Waals surface area contributed by atoms with Gasteiger partial charge in [0.25, 0.3) is 5.56 Å². The zero-order chi connectivity index (χ0) is 21.6. The van der Waals surface area contributed by atoms with E-state index in [0.29, 0.717) is 5.69 Å². The lowest BCUT2D eigenvalue weighted by Crippen LogP contribution is -2.37. The summed E-state index contributed by atoms with van der Waals surface area (Å²) in [4.78, 5) is 52.4. The Hall–Kier alpha value is -3.46. The van der Waals surface area contributed by atoms with Crippen LogP contribution in [-0.2, 0) is 16.1 Å². The lowest BCUT2D eigenvalue weighted by atomic mass is 10.0. The van der Waals surface area contributed by atoms with Crippen molar-refractivity contribution in [2.24, 2.45) is 0 Å². The minimum atomic E-state index is -0.727. The van der Waals surface area contributed by atoms with Crippen LogP contribution in [0.3, 0.4) is 0 Å². The van der Waals surface area contributed by atoms with E-state index in [9.17, 15) is 19.2 Å². The van der Waals surface area contributed by atoms with Crippen LogP contribution in [0.15, 0.2) is 56.7 Å². The largest absolute Gasteiger partial charge is 0.468 e. The summed E-state index contributed by atoms with van der Waals surface area (Å²) in [6.07, 6.45) is 1.79. The van der Waals surface area contributed by atoms with Crippen LogP contribution in [-0.4, -0.2) is 32.8 Å². The van der Waals surface area contributed by atoms with E-state index in [4.69, 9.17) is 0 Å². The van der Waals surface area contributed by atoms with E-state index < -0.39 is 23.8 Å². The number of hydrogen-bond donors (Lipinski definition) is 1. The molecular formula is C21H16BrN3O5. The minimum Gasteiger partial charge on any atom is -0.468 e. The number of H-pyrrole nitrogens is 1. The molecule has 0 saturated carbocycles. The van der Waals surface area contributed by atoms with Crippen LogP contribution in [0, 0.1) is 6.92 Å². The number of ether oxygens (including phenoxy) is 1. The molecule has 0 atom stereocenters. The monoisotopic (exact) mass is 469 g/mol. The number of nitrogens with one attached hydrogen (secondary N) is 1. The topological polar surface area (TPSA) is 103 Å². The number of ketones is 1. The van der Waals surface area contributed by atoms with Crippen molar-refractivity contribution in [3.05, 3.63) is 84.7 Å². The van der Waals surface area contributed by atoms with E-state index in [-0.39, 0.29) is 22.2 Å². The third kappa shape index (κ3) is 3.07. The van der Waals surface area contributed by atoms with E-state index >= 15 is 0 Å². The second kappa shape index (κ2) is 7.42. The highest BCUT2D eigenvalue weighted by atomic mass is 79.9. The molecule has 4 aromatic rings. The lowest BCUT2D eigenvalue weighted by Gasteiger charge is -2.08. The first-order chi connectivity index (χ1) is 14.3. The highest BCUT2D eigenvalue weighted by Gasteiger charge is 2.21. The normalized spacial score (nSPS) is 11.2.